The summed E-state index contributed by atoms with van der Waals surface area (Å²) in [6, 6.07) is 4.54. The Morgan fingerprint density at radius 1 is 1.47 bits per heavy atom. The molecule has 1 aromatic rings. The lowest BCUT2D eigenvalue weighted by atomic mass is 9.97. The van der Waals surface area contributed by atoms with Crippen LogP contribution in [0.15, 0.2) is 18.2 Å². The molecule has 0 bridgehead atoms. The maximum atomic E-state index is 10.9. The molecule has 78 valence electrons. The first-order valence-corrected chi connectivity index (χ1v) is 4.88. The summed E-state index contributed by atoms with van der Waals surface area (Å²) in [5, 5.41) is 10.7. The highest BCUT2D eigenvalue weighted by molar-refractivity contribution is 6.32. The number of carbonyl (C=O) groups excluding carboxylic acids is 1. The predicted molar refractivity (Wildman–Crippen MR) is 55.1 cm³/mol. The minimum atomic E-state index is -0.535. The molecule has 15 heavy (non-hydrogen) atoms. The van der Waals surface area contributed by atoms with E-state index >= 15 is 0 Å². The van der Waals surface area contributed by atoms with E-state index < -0.39 is 10.3 Å². The van der Waals surface area contributed by atoms with Gasteiger partial charge in [0.05, 0.1) is 10.3 Å². The molecule has 0 aliphatic heterocycles. The molecule has 5 heteroatoms. The average Bonchev–Trinajstić information content (AvgIpc) is 2.99. The molecule has 1 saturated carbocycles. The van der Waals surface area contributed by atoms with Crippen LogP contribution in [0.2, 0.25) is 5.02 Å². The lowest BCUT2D eigenvalue weighted by Crippen LogP contribution is -2.08. The van der Waals surface area contributed by atoms with Crippen molar-refractivity contribution in [2.75, 3.05) is 0 Å². The van der Waals surface area contributed by atoms with E-state index in [1.807, 2.05) is 0 Å². The first-order chi connectivity index (χ1) is 7.09. The third-order valence-corrected chi connectivity index (χ3v) is 3.05. The van der Waals surface area contributed by atoms with Gasteiger partial charge >= 0.3 is 0 Å². The summed E-state index contributed by atoms with van der Waals surface area (Å²) >= 11 is 5.67. The molecule has 0 unspecified atom stereocenters. The summed E-state index contributed by atoms with van der Waals surface area (Å²) in [6.07, 6.45) is 2.38. The number of carbonyl (C=O) groups is 1. The Kier molecular flexibility index (Phi) is 2.23. The third-order valence-electron chi connectivity index (χ3n) is 2.73. The van der Waals surface area contributed by atoms with Crippen molar-refractivity contribution in [3.63, 3.8) is 0 Å². The quantitative estimate of drug-likeness (QED) is 0.451. The Bertz CT molecular complexity index is 440. The lowest BCUT2D eigenvalue weighted by molar-refractivity contribution is -0.384. The van der Waals surface area contributed by atoms with Crippen molar-refractivity contribution in [1.29, 1.82) is 0 Å². The van der Waals surface area contributed by atoms with Crippen LogP contribution in [0.1, 0.15) is 18.4 Å². The van der Waals surface area contributed by atoms with Crippen LogP contribution in [-0.2, 0) is 10.2 Å². The number of hydrogen-bond donors (Lipinski definition) is 0. The molecule has 0 amide bonds. The van der Waals surface area contributed by atoms with Crippen LogP contribution in [0.4, 0.5) is 5.69 Å². The van der Waals surface area contributed by atoms with Gasteiger partial charge in [-0.05, 0) is 24.5 Å². The molecule has 0 spiro atoms. The van der Waals surface area contributed by atoms with Crippen LogP contribution < -0.4 is 0 Å². The highest BCUT2D eigenvalue weighted by Gasteiger charge is 2.45. The van der Waals surface area contributed by atoms with Crippen LogP contribution >= 0.6 is 11.6 Å². The molecular formula is C10H8ClNO3. The minimum absolute atomic E-state index is 0.102. The number of nitro groups is 1. The molecule has 1 aliphatic carbocycles. The summed E-state index contributed by atoms with van der Waals surface area (Å²) in [5.74, 6) is 0. The Balaban J connectivity index is 2.47. The van der Waals surface area contributed by atoms with Gasteiger partial charge in [0.2, 0.25) is 0 Å². The molecule has 0 radical (unpaired) electrons. The normalized spacial score (nSPS) is 17.1. The highest BCUT2D eigenvalue weighted by atomic mass is 35.5. The van der Waals surface area contributed by atoms with Gasteiger partial charge < -0.3 is 4.79 Å². The van der Waals surface area contributed by atoms with Crippen molar-refractivity contribution in [2.45, 2.75) is 18.3 Å². The second-order valence-corrected chi connectivity index (χ2v) is 4.10. The molecule has 0 atom stereocenters. The Labute approximate surface area is 91.0 Å². The van der Waals surface area contributed by atoms with Crippen molar-refractivity contribution in [3.8, 4) is 0 Å². The highest BCUT2D eigenvalue weighted by Crippen LogP contribution is 2.47. The molecule has 1 fully saturated rings. The summed E-state index contributed by atoms with van der Waals surface area (Å²) in [5.41, 5.74) is 0.0610. The van der Waals surface area contributed by atoms with Gasteiger partial charge in [-0.25, -0.2) is 0 Å². The van der Waals surface area contributed by atoms with Gasteiger partial charge in [0.25, 0.3) is 5.69 Å². The second-order valence-electron chi connectivity index (χ2n) is 3.70. The number of aldehydes is 1. The van der Waals surface area contributed by atoms with E-state index in [2.05, 4.69) is 0 Å². The average molecular weight is 226 g/mol. The van der Waals surface area contributed by atoms with E-state index in [0.717, 1.165) is 19.1 Å². The van der Waals surface area contributed by atoms with Gasteiger partial charge in [0.15, 0.2) is 0 Å². The Morgan fingerprint density at radius 3 is 2.60 bits per heavy atom. The van der Waals surface area contributed by atoms with E-state index in [0.29, 0.717) is 5.56 Å². The molecule has 4 nitrogen and oxygen atoms in total. The van der Waals surface area contributed by atoms with Gasteiger partial charge in [-0.15, -0.1) is 0 Å². The van der Waals surface area contributed by atoms with E-state index in [1.165, 1.54) is 12.1 Å². The molecule has 0 heterocycles. The van der Waals surface area contributed by atoms with Crippen molar-refractivity contribution < 1.29 is 9.72 Å². The zero-order valence-electron chi connectivity index (χ0n) is 7.77. The van der Waals surface area contributed by atoms with Crippen molar-refractivity contribution in [1.82, 2.24) is 0 Å². The van der Waals surface area contributed by atoms with Crippen LogP contribution in [0.3, 0.4) is 0 Å². The fraction of sp³-hybridized carbons (Fsp3) is 0.300. The molecule has 0 aromatic heterocycles. The fourth-order valence-corrected chi connectivity index (χ4v) is 1.76. The van der Waals surface area contributed by atoms with Gasteiger partial charge in [0, 0.05) is 6.07 Å². The zero-order valence-corrected chi connectivity index (χ0v) is 8.53. The number of nitrogens with zero attached hydrogens (tertiary/aromatic N) is 1. The number of rotatable bonds is 3. The van der Waals surface area contributed by atoms with Crippen LogP contribution in [0.5, 0.6) is 0 Å². The van der Waals surface area contributed by atoms with E-state index in [4.69, 9.17) is 11.6 Å². The third kappa shape index (κ3) is 1.61. The first-order valence-electron chi connectivity index (χ1n) is 4.50. The zero-order chi connectivity index (χ0) is 11.1. The lowest BCUT2D eigenvalue weighted by Gasteiger charge is -2.07. The van der Waals surface area contributed by atoms with Gasteiger partial charge in [0.1, 0.15) is 11.3 Å². The molecular weight excluding hydrogens is 218 g/mol. The standard InChI is InChI=1S/C10H8ClNO3/c11-8-2-1-7(5-9(8)12(14)15)10(6-13)3-4-10/h1-2,5-6H,3-4H2. The van der Waals surface area contributed by atoms with E-state index in [9.17, 15) is 14.9 Å². The minimum Gasteiger partial charge on any atom is -0.302 e. The maximum Gasteiger partial charge on any atom is 0.288 e. The van der Waals surface area contributed by atoms with Gasteiger partial charge in [-0.3, -0.25) is 10.1 Å². The van der Waals surface area contributed by atoms with Crippen LogP contribution in [-0.4, -0.2) is 11.2 Å². The second kappa shape index (κ2) is 3.31. The SMILES string of the molecule is O=CC1(c2ccc(Cl)c([N+](=O)[O-])c2)CC1. The summed E-state index contributed by atoms with van der Waals surface area (Å²) in [7, 11) is 0. The van der Waals surface area contributed by atoms with Gasteiger partial charge in [-0.2, -0.15) is 0 Å². The van der Waals surface area contributed by atoms with Crippen molar-refractivity contribution >= 4 is 23.6 Å². The molecule has 1 aromatic carbocycles. The van der Waals surface area contributed by atoms with Crippen LogP contribution in [0, 0.1) is 10.1 Å². The summed E-state index contributed by atoms with van der Waals surface area (Å²) in [4.78, 5) is 21.0. The molecule has 0 N–H and O–H groups in total. The smallest absolute Gasteiger partial charge is 0.288 e. The number of benzene rings is 1. The first kappa shape index (κ1) is 10.1. The Morgan fingerprint density at radius 2 is 2.13 bits per heavy atom. The van der Waals surface area contributed by atoms with Crippen molar-refractivity contribution in [2.24, 2.45) is 0 Å². The number of hydrogen-bond acceptors (Lipinski definition) is 3. The fourth-order valence-electron chi connectivity index (χ4n) is 1.57. The summed E-state index contributed by atoms with van der Waals surface area (Å²) in [6.45, 7) is 0. The van der Waals surface area contributed by atoms with E-state index in [-0.39, 0.29) is 10.7 Å². The van der Waals surface area contributed by atoms with Crippen LogP contribution in [0.25, 0.3) is 0 Å². The van der Waals surface area contributed by atoms with E-state index in [1.54, 1.807) is 6.07 Å². The maximum absolute atomic E-state index is 10.9. The monoisotopic (exact) mass is 225 g/mol. The molecule has 2 rings (SSSR count). The van der Waals surface area contributed by atoms with Crippen molar-refractivity contribution in [3.05, 3.63) is 38.9 Å². The predicted octanol–water partition coefficient (Wildman–Crippen LogP) is 2.48. The molecule has 0 saturated heterocycles. The summed E-state index contributed by atoms with van der Waals surface area (Å²) < 4.78 is 0. The Hall–Kier alpha value is -1.42. The number of nitro benzene ring substituents is 1. The molecule has 1 aliphatic rings. The van der Waals surface area contributed by atoms with Gasteiger partial charge in [-0.1, -0.05) is 17.7 Å². The topological polar surface area (TPSA) is 60.2 Å². The number of halogens is 1. The largest absolute Gasteiger partial charge is 0.302 e.